The highest BCUT2D eigenvalue weighted by Crippen LogP contribution is 2.15. The van der Waals surface area contributed by atoms with E-state index in [0.29, 0.717) is 12.8 Å². The van der Waals surface area contributed by atoms with E-state index < -0.39 is 0 Å². The van der Waals surface area contributed by atoms with Crippen molar-refractivity contribution in [2.24, 2.45) is 5.73 Å². The van der Waals surface area contributed by atoms with Gasteiger partial charge in [-0.05, 0) is 36.8 Å². The zero-order valence-electron chi connectivity index (χ0n) is 12.2. The van der Waals surface area contributed by atoms with Gasteiger partial charge in [-0.2, -0.15) is 0 Å². The number of allylic oxidation sites excluding steroid dienone is 1. The molecule has 3 heteroatoms. The molecular weight excluding hydrogens is 250 g/mol. The molecule has 110 valence electrons. The van der Waals surface area contributed by atoms with Crippen LogP contribution in [0, 0.1) is 0 Å². The molecule has 0 aliphatic heterocycles. The van der Waals surface area contributed by atoms with Crippen molar-refractivity contribution in [2.45, 2.75) is 51.6 Å². The largest absolute Gasteiger partial charge is 0.393 e. The summed E-state index contributed by atoms with van der Waals surface area (Å²) in [4.78, 5) is 10.6. The summed E-state index contributed by atoms with van der Waals surface area (Å²) in [6, 6.07) is 8.11. The molecule has 0 radical (unpaired) electrons. The third-order valence-corrected chi connectivity index (χ3v) is 3.22. The molecule has 0 aromatic heterocycles. The van der Waals surface area contributed by atoms with Crippen LogP contribution < -0.4 is 5.73 Å². The molecule has 0 saturated heterocycles. The number of hydrogen-bond donors (Lipinski definition) is 2. The molecule has 0 bridgehead atoms. The molecule has 1 atom stereocenters. The first-order chi connectivity index (χ1) is 9.63. The van der Waals surface area contributed by atoms with E-state index >= 15 is 0 Å². The van der Waals surface area contributed by atoms with Gasteiger partial charge in [-0.25, -0.2) is 0 Å². The Hall–Kier alpha value is -1.61. The molecule has 0 aliphatic rings. The number of carbonyl (C=O) groups excluding carboxylic acids is 1. The van der Waals surface area contributed by atoms with E-state index in [2.05, 4.69) is 31.2 Å². The van der Waals surface area contributed by atoms with Crippen molar-refractivity contribution in [1.29, 1.82) is 0 Å². The smallest absolute Gasteiger partial charge is 0.217 e. The normalized spacial score (nSPS) is 12.7. The molecule has 20 heavy (non-hydrogen) atoms. The molecule has 1 aromatic rings. The predicted molar refractivity (Wildman–Crippen MR) is 83.1 cm³/mol. The van der Waals surface area contributed by atoms with Crippen LogP contribution in [0.5, 0.6) is 0 Å². The van der Waals surface area contributed by atoms with Crippen molar-refractivity contribution in [1.82, 2.24) is 0 Å². The van der Waals surface area contributed by atoms with Crippen molar-refractivity contribution in [3.8, 4) is 0 Å². The highest BCUT2D eigenvalue weighted by Gasteiger charge is 2.06. The van der Waals surface area contributed by atoms with E-state index in [0.717, 1.165) is 31.2 Å². The number of unbranched alkanes of at least 4 members (excludes halogenated alkanes) is 1. The Morgan fingerprint density at radius 2 is 2.15 bits per heavy atom. The van der Waals surface area contributed by atoms with Crippen LogP contribution in [0.25, 0.3) is 6.08 Å². The van der Waals surface area contributed by atoms with Gasteiger partial charge in [-0.3, -0.25) is 4.79 Å². The molecule has 0 spiro atoms. The topological polar surface area (TPSA) is 63.3 Å². The Balaban J connectivity index is 2.56. The van der Waals surface area contributed by atoms with Gasteiger partial charge in [0.1, 0.15) is 0 Å². The van der Waals surface area contributed by atoms with Crippen LogP contribution in [-0.4, -0.2) is 17.1 Å². The zero-order chi connectivity index (χ0) is 14.8. The maximum absolute atomic E-state index is 10.6. The lowest BCUT2D eigenvalue weighted by molar-refractivity contribution is -0.118. The quantitative estimate of drug-likeness (QED) is 0.680. The van der Waals surface area contributed by atoms with E-state index in [4.69, 9.17) is 5.73 Å². The second-order valence-corrected chi connectivity index (χ2v) is 5.11. The van der Waals surface area contributed by atoms with Gasteiger partial charge in [-0.1, -0.05) is 49.8 Å². The molecule has 0 saturated carbocycles. The van der Waals surface area contributed by atoms with Crippen LogP contribution in [0.2, 0.25) is 0 Å². The average molecular weight is 275 g/mol. The molecule has 0 aliphatic carbocycles. The fourth-order valence-corrected chi connectivity index (χ4v) is 2.18. The number of primary amides is 1. The molecule has 0 heterocycles. The Morgan fingerprint density at radius 1 is 1.40 bits per heavy atom. The predicted octanol–water partition coefficient (Wildman–Crippen LogP) is 3.06. The summed E-state index contributed by atoms with van der Waals surface area (Å²) in [7, 11) is 0. The van der Waals surface area contributed by atoms with Gasteiger partial charge in [-0.15, -0.1) is 0 Å². The van der Waals surface area contributed by atoms with Gasteiger partial charge in [0.15, 0.2) is 0 Å². The average Bonchev–Trinajstić information content (AvgIpc) is 2.40. The van der Waals surface area contributed by atoms with E-state index in [1.165, 1.54) is 5.56 Å². The molecule has 1 unspecified atom stereocenters. The molecule has 1 rings (SSSR count). The van der Waals surface area contributed by atoms with Crippen molar-refractivity contribution >= 4 is 12.0 Å². The van der Waals surface area contributed by atoms with Gasteiger partial charge in [0.05, 0.1) is 6.10 Å². The van der Waals surface area contributed by atoms with Crippen LogP contribution in [0.1, 0.15) is 50.2 Å². The molecule has 3 N–H and O–H groups in total. The zero-order valence-corrected chi connectivity index (χ0v) is 12.2. The first-order valence-corrected chi connectivity index (χ1v) is 7.34. The standard InChI is InChI=1S/C17H25NO2/c1-2-8-16(19)13-15-11-7-6-10-14(15)9-4-3-5-12-17(18)20/h4,6-7,9-11,16,19H,2-3,5,8,12-13H2,1H3,(H2,18,20). The van der Waals surface area contributed by atoms with Crippen LogP contribution >= 0.6 is 0 Å². The van der Waals surface area contributed by atoms with E-state index in [-0.39, 0.29) is 12.0 Å². The van der Waals surface area contributed by atoms with Crippen molar-refractivity contribution in [3.05, 3.63) is 41.5 Å². The van der Waals surface area contributed by atoms with Crippen LogP contribution in [-0.2, 0) is 11.2 Å². The summed E-state index contributed by atoms with van der Waals surface area (Å²) in [6.07, 6.45) is 8.42. The van der Waals surface area contributed by atoms with Gasteiger partial charge >= 0.3 is 0 Å². The summed E-state index contributed by atoms with van der Waals surface area (Å²) in [5, 5.41) is 9.92. The number of nitrogens with two attached hydrogens (primary N) is 1. The lowest BCUT2D eigenvalue weighted by Gasteiger charge is -2.11. The molecule has 1 aromatic carbocycles. The summed E-state index contributed by atoms with van der Waals surface area (Å²) in [5.41, 5.74) is 7.41. The fourth-order valence-electron chi connectivity index (χ4n) is 2.18. The maximum Gasteiger partial charge on any atom is 0.217 e. The number of rotatable bonds is 9. The lowest BCUT2D eigenvalue weighted by Crippen LogP contribution is -2.10. The second kappa shape index (κ2) is 9.32. The van der Waals surface area contributed by atoms with E-state index in [1.807, 2.05) is 12.1 Å². The SMILES string of the molecule is CCCC(O)Cc1ccccc1C=CCCCC(N)=O. The molecule has 1 amide bonds. The molecular formula is C17H25NO2. The van der Waals surface area contributed by atoms with Gasteiger partial charge < -0.3 is 10.8 Å². The molecule has 3 nitrogen and oxygen atoms in total. The number of amides is 1. The summed E-state index contributed by atoms with van der Waals surface area (Å²) in [6.45, 7) is 2.08. The van der Waals surface area contributed by atoms with Gasteiger partial charge in [0, 0.05) is 6.42 Å². The highest BCUT2D eigenvalue weighted by atomic mass is 16.3. The van der Waals surface area contributed by atoms with Crippen molar-refractivity contribution < 1.29 is 9.90 Å². The van der Waals surface area contributed by atoms with Crippen LogP contribution in [0.3, 0.4) is 0 Å². The first kappa shape index (κ1) is 16.4. The van der Waals surface area contributed by atoms with E-state index in [9.17, 15) is 9.90 Å². The maximum atomic E-state index is 10.6. The third kappa shape index (κ3) is 6.53. The number of aliphatic hydroxyl groups is 1. The third-order valence-electron chi connectivity index (χ3n) is 3.22. The first-order valence-electron chi connectivity index (χ1n) is 7.34. The lowest BCUT2D eigenvalue weighted by atomic mass is 9.99. The minimum absolute atomic E-state index is 0.249. The van der Waals surface area contributed by atoms with Crippen LogP contribution in [0.4, 0.5) is 0 Å². The Labute approximate surface area is 121 Å². The van der Waals surface area contributed by atoms with Gasteiger partial charge in [0.25, 0.3) is 0 Å². The van der Waals surface area contributed by atoms with Gasteiger partial charge in [0.2, 0.25) is 5.91 Å². The number of hydrogen-bond acceptors (Lipinski definition) is 2. The minimum atomic E-state index is -0.274. The highest BCUT2D eigenvalue weighted by molar-refractivity contribution is 5.73. The molecule has 0 fully saturated rings. The number of aliphatic hydroxyl groups excluding tert-OH is 1. The Kier molecular flexibility index (Phi) is 7.66. The van der Waals surface area contributed by atoms with Crippen molar-refractivity contribution in [3.63, 3.8) is 0 Å². The number of carbonyl (C=O) groups is 1. The van der Waals surface area contributed by atoms with Crippen molar-refractivity contribution in [2.75, 3.05) is 0 Å². The fraction of sp³-hybridized carbons (Fsp3) is 0.471. The second-order valence-electron chi connectivity index (χ2n) is 5.11. The summed E-state index contributed by atoms with van der Waals surface area (Å²) < 4.78 is 0. The summed E-state index contributed by atoms with van der Waals surface area (Å²) >= 11 is 0. The Morgan fingerprint density at radius 3 is 2.85 bits per heavy atom. The monoisotopic (exact) mass is 275 g/mol. The van der Waals surface area contributed by atoms with E-state index in [1.54, 1.807) is 0 Å². The number of benzene rings is 1. The summed E-state index contributed by atoms with van der Waals surface area (Å²) in [5.74, 6) is -0.249. The Bertz CT molecular complexity index is 440. The minimum Gasteiger partial charge on any atom is -0.393 e. The van der Waals surface area contributed by atoms with Crippen LogP contribution in [0.15, 0.2) is 30.3 Å².